The maximum Gasteiger partial charge on any atom is 0.410 e. The van der Waals surface area contributed by atoms with E-state index in [4.69, 9.17) is 14.6 Å². The van der Waals surface area contributed by atoms with Crippen LogP contribution >= 0.6 is 0 Å². The van der Waals surface area contributed by atoms with Gasteiger partial charge in [-0.05, 0) is 98.4 Å². The summed E-state index contributed by atoms with van der Waals surface area (Å²) in [5, 5.41) is 18.3. The van der Waals surface area contributed by atoms with Gasteiger partial charge in [-0.15, -0.1) is 0 Å². The van der Waals surface area contributed by atoms with E-state index < -0.39 is 11.9 Å². The smallest absolute Gasteiger partial charge is 0.410 e. The van der Waals surface area contributed by atoms with Crippen LogP contribution in [0.3, 0.4) is 0 Å². The molecule has 56 heavy (non-hydrogen) atoms. The number of carboxylic acid groups (broad SMARTS) is 1. The Balaban J connectivity index is 0.948. The van der Waals surface area contributed by atoms with E-state index in [-0.39, 0.29) is 18.3 Å². The molecule has 1 aliphatic heterocycles. The SMILES string of the molecule is COC(=O)c1c(-c2cnn(CC34CC5CC(CC(C5)C3)C4)c2C)ccn2c(Nc3cc(N4CCN(C(=O)OCc5ccccc5)CC4)ccc3C(=O)O)cnc12. The zero-order valence-electron chi connectivity index (χ0n) is 31.8. The number of benzene rings is 2. The average molecular weight is 758 g/mol. The van der Waals surface area contributed by atoms with Gasteiger partial charge in [-0.3, -0.25) is 9.08 Å². The van der Waals surface area contributed by atoms with Gasteiger partial charge in [0, 0.05) is 61.4 Å². The molecule has 0 spiro atoms. The van der Waals surface area contributed by atoms with Gasteiger partial charge in [0.15, 0.2) is 5.65 Å². The Kier molecular flexibility index (Phi) is 9.17. The molecule has 0 atom stereocenters. The first kappa shape index (κ1) is 35.8. The number of amides is 1. The molecule has 4 saturated carbocycles. The van der Waals surface area contributed by atoms with Gasteiger partial charge < -0.3 is 29.7 Å². The molecule has 1 amide bonds. The zero-order chi connectivity index (χ0) is 38.6. The number of pyridine rings is 1. The van der Waals surface area contributed by atoms with Crippen LogP contribution in [0.4, 0.5) is 22.0 Å². The van der Waals surface area contributed by atoms with Gasteiger partial charge >= 0.3 is 18.0 Å². The second kappa shape index (κ2) is 14.3. The Bertz CT molecular complexity index is 2270. The summed E-state index contributed by atoms with van der Waals surface area (Å²) in [6, 6.07) is 16.6. The van der Waals surface area contributed by atoms with Gasteiger partial charge in [0.05, 0.1) is 30.8 Å². The van der Waals surface area contributed by atoms with Crippen molar-refractivity contribution in [2.45, 2.75) is 58.6 Å². The molecule has 4 heterocycles. The van der Waals surface area contributed by atoms with Crippen molar-refractivity contribution in [1.82, 2.24) is 24.1 Å². The molecular formula is C43H47N7O6. The molecule has 10 rings (SSSR count). The van der Waals surface area contributed by atoms with Gasteiger partial charge in [-0.1, -0.05) is 30.3 Å². The molecule has 2 N–H and O–H groups in total. The minimum Gasteiger partial charge on any atom is -0.478 e. The monoisotopic (exact) mass is 757 g/mol. The predicted octanol–water partition coefficient (Wildman–Crippen LogP) is 7.41. The number of anilines is 3. The first-order valence-electron chi connectivity index (χ1n) is 19.6. The molecule has 290 valence electrons. The number of piperazine rings is 1. The van der Waals surface area contributed by atoms with E-state index in [9.17, 15) is 19.5 Å². The van der Waals surface area contributed by atoms with Crippen LogP contribution in [0.2, 0.25) is 0 Å². The first-order chi connectivity index (χ1) is 27.2. The van der Waals surface area contributed by atoms with Crippen molar-refractivity contribution in [1.29, 1.82) is 0 Å². The Labute approximate surface area is 325 Å². The minimum absolute atomic E-state index is 0.0821. The van der Waals surface area contributed by atoms with Crippen LogP contribution in [0.1, 0.15) is 70.5 Å². The van der Waals surface area contributed by atoms with Crippen molar-refractivity contribution >= 4 is 40.9 Å². The third kappa shape index (κ3) is 6.62. The number of ether oxygens (including phenoxy) is 2. The first-order valence-corrected chi connectivity index (χ1v) is 19.6. The lowest BCUT2D eigenvalue weighted by atomic mass is 9.49. The Hall–Kier alpha value is -5.85. The van der Waals surface area contributed by atoms with Crippen molar-refractivity contribution in [3.63, 3.8) is 0 Å². The van der Waals surface area contributed by atoms with Crippen molar-refractivity contribution in [3.8, 4) is 11.1 Å². The molecule has 5 fully saturated rings. The fraction of sp³-hybridized carbons (Fsp3) is 0.419. The average Bonchev–Trinajstić information content (AvgIpc) is 3.77. The Morgan fingerprint density at radius 1 is 0.911 bits per heavy atom. The van der Waals surface area contributed by atoms with Crippen LogP contribution in [0.5, 0.6) is 0 Å². The molecule has 1 saturated heterocycles. The second-order valence-electron chi connectivity index (χ2n) is 16.3. The largest absolute Gasteiger partial charge is 0.478 e. The lowest BCUT2D eigenvalue weighted by Crippen LogP contribution is -2.49. The van der Waals surface area contributed by atoms with Crippen molar-refractivity contribution in [3.05, 3.63) is 95.6 Å². The molecule has 0 unspecified atom stereocenters. The summed E-state index contributed by atoms with van der Waals surface area (Å²) in [6.45, 7) is 5.20. The Morgan fingerprint density at radius 2 is 1.62 bits per heavy atom. The fourth-order valence-corrected chi connectivity index (χ4v) is 10.5. The minimum atomic E-state index is -1.09. The molecule has 13 heteroatoms. The van der Waals surface area contributed by atoms with Gasteiger partial charge in [-0.2, -0.15) is 5.10 Å². The van der Waals surface area contributed by atoms with Gasteiger partial charge in [0.2, 0.25) is 0 Å². The molecule has 0 radical (unpaired) electrons. The number of esters is 1. The summed E-state index contributed by atoms with van der Waals surface area (Å²) in [7, 11) is 1.36. The number of methoxy groups -OCH3 is 1. The summed E-state index contributed by atoms with van der Waals surface area (Å²) in [4.78, 5) is 47.1. The van der Waals surface area contributed by atoms with Crippen molar-refractivity contribution in [2.24, 2.45) is 23.2 Å². The van der Waals surface area contributed by atoms with E-state index in [1.54, 1.807) is 33.7 Å². The lowest BCUT2D eigenvalue weighted by molar-refractivity contribution is -0.0638. The van der Waals surface area contributed by atoms with E-state index in [0.29, 0.717) is 59.9 Å². The van der Waals surface area contributed by atoms with Crippen molar-refractivity contribution in [2.75, 3.05) is 43.5 Å². The molecule has 4 bridgehead atoms. The van der Waals surface area contributed by atoms with E-state index in [1.165, 1.54) is 45.6 Å². The molecule has 13 nitrogen and oxygen atoms in total. The number of carboxylic acids is 1. The number of imidazole rings is 1. The maximum atomic E-state index is 13.5. The molecule has 3 aromatic heterocycles. The number of aromatic carboxylic acids is 1. The number of nitrogens with zero attached hydrogens (tertiary/aromatic N) is 6. The molecule has 5 aromatic rings. The van der Waals surface area contributed by atoms with Gasteiger partial charge in [-0.25, -0.2) is 19.4 Å². The fourth-order valence-electron chi connectivity index (χ4n) is 10.5. The van der Waals surface area contributed by atoms with Crippen LogP contribution in [-0.4, -0.2) is 80.5 Å². The maximum absolute atomic E-state index is 13.5. The van der Waals surface area contributed by atoms with Crippen LogP contribution in [-0.2, 0) is 22.6 Å². The normalized spacial score (nSPS) is 22.7. The highest BCUT2D eigenvalue weighted by molar-refractivity contribution is 6.03. The highest BCUT2D eigenvalue weighted by Crippen LogP contribution is 2.60. The Morgan fingerprint density at radius 3 is 2.30 bits per heavy atom. The summed E-state index contributed by atoms with van der Waals surface area (Å²) in [5.74, 6) is 1.42. The number of hydrogen-bond donors (Lipinski definition) is 2. The number of nitrogens with one attached hydrogen (secondary N) is 1. The summed E-state index contributed by atoms with van der Waals surface area (Å²) in [5.41, 5.74) is 5.74. The highest BCUT2D eigenvalue weighted by atomic mass is 16.6. The molecule has 4 aliphatic carbocycles. The predicted molar refractivity (Wildman–Crippen MR) is 210 cm³/mol. The van der Waals surface area contributed by atoms with E-state index in [2.05, 4.69) is 26.8 Å². The van der Waals surface area contributed by atoms with Gasteiger partial charge in [0.25, 0.3) is 0 Å². The third-order valence-corrected chi connectivity index (χ3v) is 12.7. The summed E-state index contributed by atoms with van der Waals surface area (Å²) >= 11 is 0. The van der Waals surface area contributed by atoms with Crippen LogP contribution in [0.25, 0.3) is 16.8 Å². The van der Waals surface area contributed by atoms with E-state index in [0.717, 1.165) is 46.8 Å². The van der Waals surface area contributed by atoms with Gasteiger partial charge in [0.1, 0.15) is 18.0 Å². The van der Waals surface area contributed by atoms with Crippen LogP contribution < -0.4 is 10.2 Å². The highest BCUT2D eigenvalue weighted by Gasteiger charge is 2.51. The van der Waals surface area contributed by atoms with E-state index in [1.807, 2.05) is 48.8 Å². The standard InChI is InChI=1S/C43H47N7O6/c1-27-35(23-45-50(27)26-43-20-29-16-30(21-43)18-31(17-29)22-43)33-10-11-49-37(24-44-39(49)38(33)41(53)55-2)46-36-19-32(8-9-34(36)40(51)52)47-12-14-48(15-13-47)42(54)56-25-28-6-4-3-5-7-28/h3-11,19,23-24,29-31,46H,12-18,20-22,25-26H2,1-2H3,(H,51,52). The second-order valence-corrected chi connectivity index (χ2v) is 16.3. The number of rotatable bonds is 10. The van der Waals surface area contributed by atoms with Crippen LogP contribution in [0.15, 0.2) is 73.2 Å². The molecule has 5 aliphatic rings. The third-order valence-electron chi connectivity index (χ3n) is 12.7. The topological polar surface area (TPSA) is 144 Å². The van der Waals surface area contributed by atoms with E-state index >= 15 is 0 Å². The molecule has 2 aromatic carbocycles. The quantitative estimate of drug-likeness (QED) is 0.138. The summed E-state index contributed by atoms with van der Waals surface area (Å²) < 4.78 is 14.7. The number of carbonyl (C=O) groups excluding carboxylic acids is 2. The zero-order valence-corrected chi connectivity index (χ0v) is 31.8. The molecular weight excluding hydrogens is 711 g/mol. The number of hydrogen-bond acceptors (Lipinski definition) is 9. The number of carbonyl (C=O) groups is 3. The van der Waals surface area contributed by atoms with Crippen molar-refractivity contribution < 1.29 is 29.0 Å². The van der Waals surface area contributed by atoms with Crippen LogP contribution in [0, 0.1) is 30.1 Å². The number of fused-ring (bicyclic) bond motifs is 1. The lowest BCUT2D eigenvalue weighted by Gasteiger charge is -2.56. The summed E-state index contributed by atoms with van der Waals surface area (Å²) in [6.07, 6.45) is 12.9. The number of aromatic nitrogens is 4.